The number of halogens is 1. The summed E-state index contributed by atoms with van der Waals surface area (Å²) < 4.78 is 6.48. The number of nitrogens with zero attached hydrogens (tertiary/aromatic N) is 1. The third-order valence-electron chi connectivity index (χ3n) is 3.60. The van der Waals surface area contributed by atoms with Crippen LogP contribution in [0.4, 0.5) is 4.79 Å². The zero-order chi connectivity index (χ0) is 15.8. The minimum atomic E-state index is -0.488. The quantitative estimate of drug-likeness (QED) is 0.768. The third-order valence-corrected chi connectivity index (χ3v) is 4.34. The van der Waals surface area contributed by atoms with E-state index in [1.165, 1.54) is 5.56 Å². The second-order valence-electron chi connectivity index (χ2n) is 6.55. The van der Waals surface area contributed by atoms with E-state index in [1.54, 1.807) is 4.90 Å². The molecule has 5 heteroatoms. The number of hydrogen-bond donors (Lipinski definition) is 1. The van der Waals surface area contributed by atoms with Gasteiger partial charge in [0.15, 0.2) is 0 Å². The number of benzene rings is 1. The summed E-state index contributed by atoms with van der Waals surface area (Å²) in [7, 11) is 0. The second kappa shape index (κ2) is 5.97. The first kappa shape index (κ1) is 16.3. The monoisotopic (exact) mass is 354 g/mol. The van der Waals surface area contributed by atoms with Crippen molar-refractivity contribution in [2.45, 2.75) is 52.3 Å². The molecule has 0 fully saturated rings. The lowest BCUT2D eigenvalue weighted by atomic mass is 9.95. The summed E-state index contributed by atoms with van der Waals surface area (Å²) in [5.74, 6) is 0. The van der Waals surface area contributed by atoms with Crippen molar-refractivity contribution in [3.8, 4) is 0 Å². The van der Waals surface area contributed by atoms with Crippen LogP contribution in [0.1, 0.15) is 49.9 Å². The Bertz CT molecular complexity index is 552. The second-order valence-corrected chi connectivity index (χ2v) is 7.41. The predicted molar refractivity (Wildman–Crippen MR) is 87.1 cm³/mol. The Morgan fingerprint density at radius 2 is 2.10 bits per heavy atom. The number of fused-ring (bicyclic) bond motifs is 1. The summed E-state index contributed by atoms with van der Waals surface area (Å²) in [6.07, 6.45) is 0.458. The van der Waals surface area contributed by atoms with E-state index in [0.29, 0.717) is 13.1 Å². The molecule has 1 aromatic carbocycles. The fourth-order valence-corrected chi connectivity index (χ4v) is 3.09. The molecule has 21 heavy (non-hydrogen) atoms. The van der Waals surface area contributed by atoms with Gasteiger partial charge in [-0.25, -0.2) is 4.79 Å². The van der Waals surface area contributed by atoms with Gasteiger partial charge in [-0.2, -0.15) is 0 Å². The summed E-state index contributed by atoms with van der Waals surface area (Å²) in [5.41, 5.74) is 9.23. The van der Waals surface area contributed by atoms with Crippen molar-refractivity contribution < 1.29 is 9.53 Å². The van der Waals surface area contributed by atoms with Crippen LogP contribution in [0.5, 0.6) is 0 Å². The molecule has 2 N–H and O–H groups in total. The Morgan fingerprint density at radius 3 is 2.71 bits per heavy atom. The number of aryl methyl sites for hydroxylation is 1. The van der Waals surface area contributed by atoms with Gasteiger partial charge >= 0.3 is 6.09 Å². The number of rotatable bonds is 0. The molecule has 0 saturated carbocycles. The molecule has 0 bridgehead atoms. The maximum absolute atomic E-state index is 12.3. The van der Waals surface area contributed by atoms with Crippen molar-refractivity contribution in [3.05, 3.63) is 33.3 Å². The van der Waals surface area contributed by atoms with Gasteiger partial charge in [-0.3, -0.25) is 0 Å². The molecule has 4 nitrogen and oxygen atoms in total. The van der Waals surface area contributed by atoms with Gasteiger partial charge in [0.2, 0.25) is 0 Å². The number of ether oxygens (including phenoxy) is 1. The van der Waals surface area contributed by atoms with Crippen molar-refractivity contribution >= 4 is 22.0 Å². The Balaban J connectivity index is 2.31. The van der Waals surface area contributed by atoms with Gasteiger partial charge in [-0.15, -0.1) is 0 Å². The van der Waals surface area contributed by atoms with Gasteiger partial charge in [0.25, 0.3) is 0 Å². The maximum Gasteiger partial charge on any atom is 0.410 e. The topological polar surface area (TPSA) is 55.6 Å². The Hall–Kier alpha value is -1.07. The van der Waals surface area contributed by atoms with Crippen LogP contribution in [0, 0.1) is 6.92 Å². The predicted octanol–water partition coefficient (Wildman–Crippen LogP) is 3.90. The number of amides is 1. The Labute approximate surface area is 134 Å². The van der Waals surface area contributed by atoms with Gasteiger partial charge in [-0.1, -0.05) is 22.0 Å². The molecular weight excluding hydrogens is 332 g/mol. The molecule has 0 aromatic heterocycles. The average molecular weight is 355 g/mol. The summed E-state index contributed by atoms with van der Waals surface area (Å²) in [5, 5.41) is 0. The molecule has 1 heterocycles. The number of carbonyl (C=O) groups excluding carboxylic acids is 1. The van der Waals surface area contributed by atoms with Crippen LogP contribution in [0.2, 0.25) is 0 Å². The Morgan fingerprint density at radius 1 is 1.43 bits per heavy atom. The minimum absolute atomic E-state index is 0.0510. The lowest BCUT2D eigenvalue weighted by molar-refractivity contribution is 0.0234. The van der Waals surface area contributed by atoms with Crippen LogP contribution < -0.4 is 5.73 Å². The molecule has 1 amide bonds. The summed E-state index contributed by atoms with van der Waals surface area (Å²) in [6, 6.07) is 4.02. The molecule has 0 radical (unpaired) electrons. The van der Waals surface area contributed by atoms with Crippen LogP contribution in [0.15, 0.2) is 16.6 Å². The van der Waals surface area contributed by atoms with Gasteiger partial charge in [0.05, 0.1) is 6.54 Å². The SMILES string of the molecule is Cc1ccc(Br)c2c1C(N)CCN(C(=O)OC(C)(C)C)C2. The van der Waals surface area contributed by atoms with Gasteiger partial charge < -0.3 is 15.4 Å². The first-order valence-electron chi connectivity index (χ1n) is 7.20. The highest BCUT2D eigenvalue weighted by Crippen LogP contribution is 2.33. The zero-order valence-electron chi connectivity index (χ0n) is 13.1. The first-order valence-corrected chi connectivity index (χ1v) is 7.99. The van der Waals surface area contributed by atoms with Crippen molar-refractivity contribution in [2.75, 3.05) is 6.54 Å². The molecule has 1 aliphatic heterocycles. The van der Waals surface area contributed by atoms with Crippen molar-refractivity contribution in [3.63, 3.8) is 0 Å². The summed E-state index contributed by atoms with van der Waals surface area (Å²) >= 11 is 3.58. The highest BCUT2D eigenvalue weighted by Gasteiger charge is 2.28. The van der Waals surface area contributed by atoms with Crippen molar-refractivity contribution in [1.29, 1.82) is 0 Å². The van der Waals surface area contributed by atoms with Gasteiger partial charge in [-0.05, 0) is 56.9 Å². The van der Waals surface area contributed by atoms with Gasteiger partial charge in [0.1, 0.15) is 5.60 Å². The minimum Gasteiger partial charge on any atom is -0.444 e. The van der Waals surface area contributed by atoms with Crippen LogP contribution >= 0.6 is 15.9 Å². The molecule has 1 unspecified atom stereocenters. The molecule has 1 atom stereocenters. The highest BCUT2D eigenvalue weighted by atomic mass is 79.9. The van der Waals surface area contributed by atoms with Crippen molar-refractivity contribution in [2.24, 2.45) is 5.73 Å². The first-order chi connectivity index (χ1) is 9.69. The molecule has 0 spiro atoms. The average Bonchev–Trinajstić information content (AvgIpc) is 2.52. The number of hydrogen-bond acceptors (Lipinski definition) is 3. The van der Waals surface area contributed by atoms with E-state index in [2.05, 4.69) is 28.9 Å². The maximum atomic E-state index is 12.3. The van der Waals surface area contributed by atoms with E-state index >= 15 is 0 Å². The molecule has 116 valence electrons. The van der Waals surface area contributed by atoms with E-state index in [1.807, 2.05) is 26.8 Å². The third kappa shape index (κ3) is 3.77. The molecule has 0 aliphatic carbocycles. The Kier molecular flexibility index (Phi) is 4.63. The fourth-order valence-electron chi connectivity index (χ4n) is 2.62. The molecular formula is C16H23BrN2O2. The smallest absolute Gasteiger partial charge is 0.410 e. The summed E-state index contributed by atoms with van der Waals surface area (Å²) in [4.78, 5) is 14.1. The van der Waals surface area contributed by atoms with Crippen LogP contribution in [-0.4, -0.2) is 23.1 Å². The molecule has 1 aliphatic rings. The largest absolute Gasteiger partial charge is 0.444 e. The molecule has 0 saturated heterocycles. The highest BCUT2D eigenvalue weighted by molar-refractivity contribution is 9.10. The zero-order valence-corrected chi connectivity index (χ0v) is 14.7. The van der Waals surface area contributed by atoms with E-state index in [0.717, 1.165) is 22.0 Å². The summed E-state index contributed by atoms with van der Waals surface area (Å²) in [6.45, 7) is 8.83. The lowest BCUT2D eigenvalue weighted by Gasteiger charge is -2.26. The van der Waals surface area contributed by atoms with Crippen molar-refractivity contribution in [1.82, 2.24) is 4.90 Å². The van der Waals surface area contributed by atoms with Gasteiger partial charge in [0, 0.05) is 17.1 Å². The number of carbonyl (C=O) groups is 1. The molecule has 2 rings (SSSR count). The standard InChI is InChI=1S/C16H23BrN2O2/c1-10-5-6-12(17)11-9-19(8-7-13(18)14(10)11)15(20)21-16(2,3)4/h5-6,13H,7-9,18H2,1-4H3. The van der Waals surface area contributed by atoms with Crippen LogP contribution in [0.25, 0.3) is 0 Å². The normalized spacial score (nSPS) is 19.0. The lowest BCUT2D eigenvalue weighted by Crippen LogP contribution is -2.36. The fraction of sp³-hybridized carbons (Fsp3) is 0.562. The van der Waals surface area contributed by atoms with Crippen LogP contribution in [0.3, 0.4) is 0 Å². The van der Waals surface area contributed by atoms with E-state index in [4.69, 9.17) is 10.5 Å². The van der Waals surface area contributed by atoms with E-state index < -0.39 is 5.60 Å². The number of nitrogens with two attached hydrogens (primary N) is 1. The van der Waals surface area contributed by atoms with Crippen LogP contribution in [-0.2, 0) is 11.3 Å². The van der Waals surface area contributed by atoms with E-state index in [9.17, 15) is 4.79 Å². The molecule has 1 aromatic rings. The van der Waals surface area contributed by atoms with E-state index in [-0.39, 0.29) is 12.1 Å².